The molecule has 1 aliphatic rings. The normalized spacial score (nSPS) is 18.8. The van der Waals surface area contributed by atoms with Crippen molar-refractivity contribution in [3.8, 4) is 6.07 Å². The zero-order valence-corrected chi connectivity index (χ0v) is 9.60. The number of nitrogens with zero attached hydrogens (tertiary/aromatic N) is 2. The molecule has 4 nitrogen and oxygen atoms in total. The molecule has 0 radical (unpaired) electrons. The lowest BCUT2D eigenvalue weighted by Gasteiger charge is -2.19. The molecule has 2 amide bonds. The van der Waals surface area contributed by atoms with Gasteiger partial charge in [-0.25, -0.2) is 4.79 Å². The first kappa shape index (κ1) is 11.5. The number of carbonyl (C=O) groups is 1. The third-order valence-corrected chi connectivity index (χ3v) is 2.95. The van der Waals surface area contributed by atoms with E-state index in [1.165, 1.54) is 0 Å². The summed E-state index contributed by atoms with van der Waals surface area (Å²) in [5.41, 5.74) is 1.06. The Hall–Kier alpha value is -2.02. The Labute approximate surface area is 101 Å². The summed E-state index contributed by atoms with van der Waals surface area (Å²) in [7, 11) is 0. The molecule has 1 aromatic rings. The van der Waals surface area contributed by atoms with E-state index in [2.05, 4.69) is 11.4 Å². The molecule has 1 unspecified atom stereocenters. The molecule has 1 fully saturated rings. The predicted octanol–water partition coefficient (Wildman–Crippen LogP) is 1.88. The third-order valence-electron chi connectivity index (χ3n) is 2.95. The number of nitriles is 1. The molecule has 2 rings (SSSR count). The van der Waals surface area contributed by atoms with Gasteiger partial charge in [-0.2, -0.15) is 5.26 Å². The zero-order chi connectivity index (χ0) is 12.1. The number of carbonyl (C=O) groups excluding carboxylic acids is 1. The highest BCUT2D eigenvalue weighted by atomic mass is 16.2. The van der Waals surface area contributed by atoms with Crippen LogP contribution in [-0.4, -0.2) is 23.5 Å². The average molecular weight is 229 g/mol. The minimum Gasteiger partial charge on any atom is -0.334 e. The monoisotopic (exact) mass is 229 g/mol. The maximum atomic E-state index is 11.9. The first-order valence-electron chi connectivity index (χ1n) is 5.79. The Morgan fingerprint density at radius 3 is 2.94 bits per heavy atom. The van der Waals surface area contributed by atoms with Crippen LogP contribution in [0.25, 0.3) is 0 Å². The van der Waals surface area contributed by atoms with E-state index >= 15 is 0 Å². The van der Waals surface area contributed by atoms with Crippen LogP contribution in [-0.2, 0) is 6.54 Å². The lowest BCUT2D eigenvalue weighted by atomic mass is 10.2. The van der Waals surface area contributed by atoms with Crippen LogP contribution in [0.5, 0.6) is 0 Å². The molecule has 1 aromatic carbocycles. The van der Waals surface area contributed by atoms with Gasteiger partial charge in [-0.3, -0.25) is 0 Å². The molecule has 0 spiro atoms. The number of hydrogen-bond acceptors (Lipinski definition) is 2. The van der Waals surface area contributed by atoms with Crippen LogP contribution in [0.3, 0.4) is 0 Å². The molecule has 0 aliphatic carbocycles. The highest BCUT2D eigenvalue weighted by Crippen LogP contribution is 2.16. The highest BCUT2D eigenvalue weighted by molar-refractivity contribution is 5.75. The van der Waals surface area contributed by atoms with E-state index in [0.717, 1.165) is 18.4 Å². The second-order valence-electron chi connectivity index (χ2n) is 4.12. The molecule has 0 bridgehead atoms. The average Bonchev–Trinajstić information content (AvgIpc) is 2.85. The van der Waals surface area contributed by atoms with Crippen LogP contribution >= 0.6 is 0 Å². The van der Waals surface area contributed by atoms with Gasteiger partial charge >= 0.3 is 6.03 Å². The number of rotatable bonds is 2. The van der Waals surface area contributed by atoms with Gasteiger partial charge in [0, 0.05) is 13.1 Å². The van der Waals surface area contributed by atoms with Crippen LogP contribution in [0.2, 0.25) is 0 Å². The van der Waals surface area contributed by atoms with Crippen molar-refractivity contribution in [3.05, 3.63) is 35.9 Å². The van der Waals surface area contributed by atoms with Gasteiger partial charge in [0.1, 0.15) is 6.04 Å². The van der Waals surface area contributed by atoms with Gasteiger partial charge in [-0.15, -0.1) is 0 Å². The molecule has 88 valence electrons. The summed E-state index contributed by atoms with van der Waals surface area (Å²) in [6.45, 7) is 1.19. The second-order valence-corrected chi connectivity index (χ2v) is 4.12. The number of amides is 2. The Morgan fingerprint density at radius 1 is 1.47 bits per heavy atom. The van der Waals surface area contributed by atoms with E-state index in [4.69, 9.17) is 5.26 Å². The molecule has 1 atom stereocenters. The molecule has 17 heavy (non-hydrogen) atoms. The summed E-state index contributed by atoms with van der Waals surface area (Å²) in [5, 5.41) is 11.7. The molecule has 1 heterocycles. The lowest BCUT2D eigenvalue weighted by Crippen LogP contribution is -2.41. The van der Waals surface area contributed by atoms with Gasteiger partial charge in [0.05, 0.1) is 6.07 Å². The maximum Gasteiger partial charge on any atom is 0.318 e. The zero-order valence-electron chi connectivity index (χ0n) is 9.60. The van der Waals surface area contributed by atoms with Crippen molar-refractivity contribution >= 4 is 6.03 Å². The standard InChI is InChI=1S/C13H15N3O/c14-9-12-7-4-8-16(12)13(17)15-10-11-5-2-1-3-6-11/h1-3,5-6,12H,4,7-8,10H2,(H,15,17). The number of nitrogens with one attached hydrogen (secondary N) is 1. The fourth-order valence-electron chi connectivity index (χ4n) is 2.02. The van der Waals surface area contributed by atoms with Crippen LogP contribution in [0.1, 0.15) is 18.4 Å². The fourth-order valence-corrected chi connectivity index (χ4v) is 2.02. The van der Waals surface area contributed by atoms with Crippen molar-refractivity contribution in [2.24, 2.45) is 0 Å². The summed E-state index contributed by atoms with van der Waals surface area (Å²) in [4.78, 5) is 13.5. The highest BCUT2D eigenvalue weighted by Gasteiger charge is 2.28. The number of urea groups is 1. The Kier molecular flexibility index (Phi) is 3.61. The SMILES string of the molecule is N#CC1CCCN1C(=O)NCc1ccccc1. The van der Waals surface area contributed by atoms with Crippen molar-refractivity contribution in [2.75, 3.05) is 6.54 Å². The molecule has 4 heteroatoms. The van der Waals surface area contributed by atoms with Gasteiger partial charge in [-0.1, -0.05) is 30.3 Å². The largest absolute Gasteiger partial charge is 0.334 e. The van der Waals surface area contributed by atoms with Crippen molar-refractivity contribution in [3.63, 3.8) is 0 Å². The van der Waals surface area contributed by atoms with Crippen molar-refractivity contribution in [1.29, 1.82) is 5.26 Å². The Bertz CT molecular complexity index is 424. The maximum absolute atomic E-state index is 11.9. The molecule has 1 aliphatic heterocycles. The topological polar surface area (TPSA) is 56.1 Å². The predicted molar refractivity (Wildman–Crippen MR) is 64.0 cm³/mol. The third kappa shape index (κ3) is 2.76. The second kappa shape index (κ2) is 5.35. The van der Waals surface area contributed by atoms with Crippen LogP contribution in [0.15, 0.2) is 30.3 Å². The lowest BCUT2D eigenvalue weighted by molar-refractivity contribution is 0.201. The molecule has 0 saturated carbocycles. The van der Waals surface area contributed by atoms with E-state index < -0.39 is 0 Å². The molecule has 1 N–H and O–H groups in total. The first-order chi connectivity index (χ1) is 8.31. The fraction of sp³-hybridized carbons (Fsp3) is 0.385. The van der Waals surface area contributed by atoms with E-state index in [-0.39, 0.29) is 12.1 Å². The van der Waals surface area contributed by atoms with Gasteiger partial charge < -0.3 is 10.2 Å². The van der Waals surface area contributed by atoms with E-state index in [0.29, 0.717) is 13.1 Å². The smallest absolute Gasteiger partial charge is 0.318 e. The van der Waals surface area contributed by atoms with Gasteiger partial charge in [0.25, 0.3) is 0 Å². The van der Waals surface area contributed by atoms with Crippen molar-refractivity contribution in [2.45, 2.75) is 25.4 Å². The minimum atomic E-state index is -0.259. The Morgan fingerprint density at radius 2 is 2.24 bits per heavy atom. The summed E-state index contributed by atoms with van der Waals surface area (Å²) in [5.74, 6) is 0. The van der Waals surface area contributed by atoms with Crippen LogP contribution in [0.4, 0.5) is 4.79 Å². The number of likely N-dealkylation sites (tertiary alicyclic amines) is 1. The van der Waals surface area contributed by atoms with Crippen LogP contribution in [0, 0.1) is 11.3 Å². The molecule has 1 saturated heterocycles. The van der Waals surface area contributed by atoms with E-state index in [9.17, 15) is 4.79 Å². The molecular formula is C13H15N3O. The minimum absolute atomic E-state index is 0.141. The van der Waals surface area contributed by atoms with E-state index in [1.807, 2.05) is 30.3 Å². The Balaban J connectivity index is 1.88. The van der Waals surface area contributed by atoms with Gasteiger partial charge in [0.15, 0.2) is 0 Å². The van der Waals surface area contributed by atoms with Gasteiger partial charge in [-0.05, 0) is 18.4 Å². The number of benzene rings is 1. The summed E-state index contributed by atoms with van der Waals surface area (Å²) >= 11 is 0. The van der Waals surface area contributed by atoms with E-state index in [1.54, 1.807) is 4.90 Å². The quantitative estimate of drug-likeness (QED) is 0.841. The molecular weight excluding hydrogens is 214 g/mol. The van der Waals surface area contributed by atoms with Crippen molar-refractivity contribution in [1.82, 2.24) is 10.2 Å². The molecule has 0 aromatic heterocycles. The summed E-state index contributed by atoms with van der Waals surface area (Å²) in [6, 6.07) is 11.5. The van der Waals surface area contributed by atoms with Crippen LogP contribution < -0.4 is 5.32 Å². The van der Waals surface area contributed by atoms with Crippen molar-refractivity contribution < 1.29 is 4.79 Å². The summed E-state index contributed by atoms with van der Waals surface area (Å²) in [6.07, 6.45) is 1.70. The number of hydrogen-bond donors (Lipinski definition) is 1. The van der Waals surface area contributed by atoms with Gasteiger partial charge in [0.2, 0.25) is 0 Å². The first-order valence-corrected chi connectivity index (χ1v) is 5.79. The summed E-state index contributed by atoms with van der Waals surface area (Å²) < 4.78 is 0.